The van der Waals surface area contributed by atoms with Crippen molar-refractivity contribution in [2.24, 2.45) is 28.3 Å². The van der Waals surface area contributed by atoms with Crippen LogP contribution < -0.4 is 5.32 Å². The Morgan fingerprint density at radius 1 is 1.06 bits per heavy atom. The molecule has 4 aliphatic rings. The fraction of sp³-hybridized carbons (Fsp3) is 0.481. The molecule has 2 amide bonds. The lowest BCUT2D eigenvalue weighted by Crippen LogP contribution is -2.55. The lowest BCUT2D eigenvalue weighted by molar-refractivity contribution is -0.103. The molecule has 1 N–H and O–H groups in total. The van der Waals surface area contributed by atoms with E-state index in [4.69, 9.17) is 5.10 Å². The Balaban J connectivity index is 1.27. The molecular weight excluding hydrogens is 382 g/mol. The number of hydrogen-bond donors (Lipinski definition) is 1. The summed E-state index contributed by atoms with van der Waals surface area (Å²) in [6.07, 6.45) is 4.66. The van der Waals surface area contributed by atoms with E-state index in [-0.39, 0.29) is 11.9 Å². The van der Waals surface area contributed by atoms with Crippen molar-refractivity contribution in [1.29, 1.82) is 0 Å². The molecule has 1 aliphatic heterocycles. The minimum atomic E-state index is -0.0526. The number of amides is 2. The summed E-state index contributed by atoms with van der Waals surface area (Å²) in [5, 5.41) is 9.68. The van der Waals surface area contributed by atoms with Crippen LogP contribution >= 0.6 is 0 Å². The van der Waals surface area contributed by atoms with Crippen LogP contribution in [0.2, 0.25) is 0 Å². The number of benzene rings is 2. The third-order valence-electron chi connectivity index (χ3n) is 8.19. The van der Waals surface area contributed by atoms with Crippen molar-refractivity contribution in [3.63, 3.8) is 0 Å². The molecule has 0 radical (unpaired) electrons. The minimum Gasteiger partial charge on any atom is -0.336 e. The second-order valence-electron chi connectivity index (χ2n) is 10.2. The third kappa shape index (κ3) is 3.88. The van der Waals surface area contributed by atoms with Crippen LogP contribution in [-0.2, 0) is 6.42 Å². The molecule has 2 bridgehead atoms. The first-order chi connectivity index (χ1) is 15.0. The van der Waals surface area contributed by atoms with Gasteiger partial charge in [0.05, 0.1) is 12.3 Å². The van der Waals surface area contributed by atoms with E-state index in [0.717, 1.165) is 30.5 Å². The quantitative estimate of drug-likeness (QED) is 0.692. The van der Waals surface area contributed by atoms with Crippen LogP contribution in [0, 0.1) is 23.2 Å². The van der Waals surface area contributed by atoms with Gasteiger partial charge in [0.1, 0.15) is 0 Å². The Bertz CT molecular complexity index is 951. The van der Waals surface area contributed by atoms with Gasteiger partial charge in [-0.1, -0.05) is 74.5 Å². The summed E-state index contributed by atoms with van der Waals surface area (Å²) in [6.45, 7) is 6.20. The molecule has 2 aromatic rings. The zero-order chi connectivity index (χ0) is 21.4. The van der Waals surface area contributed by atoms with Crippen molar-refractivity contribution in [3.05, 3.63) is 71.8 Å². The molecule has 1 unspecified atom stereocenters. The molecule has 0 spiro atoms. The van der Waals surface area contributed by atoms with E-state index >= 15 is 0 Å². The largest absolute Gasteiger partial charge is 0.337 e. The molecule has 3 aliphatic carbocycles. The Morgan fingerprint density at radius 2 is 1.77 bits per heavy atom. The lowest BCUT2D eigenvalue weighted by atomic mass is 9.45. The predicted molar refractivity (Wildman–Crippen MR) is 125 cm³/mol. The summed E-state index contributed by atoms with van der Waals surface area (Å²) in [4.78, 5) is 13.1. The molecule has 4 heteroatoms. The van der Waals surface area contributed by atoms with Gasteiger partial charge in [0.25, 0.3) is 0 Å². The SMILES string of the molecule is CC1(C)[C@H]2CC[C@@H](CNC(=O)N3CC(c4ccccc4)C(Cc4ccccc4)=N3)[C@@H]1C2. The van der Waals surface area contributed by atoms with Gasteiger partial charge in [-0.15, -0.1) is 0 Å². The van der Waals surface area contributed by atoms with Gasteiger partial charge < -0.3 is 5.32 Å². The number of rotatable bonds is 5. The highest BCUT2D eigenvalue weighted by molar-refractivity contribution is 5.96. The fourth-order valence-electron chi connectivity index (χ4n) is 6.14. The molecule has 6 rings (SSSR count). The van der Waals surface area contributed by atoms with E-state index in [1.807, 2.05) is 12.1 Å². The number of urea groups is 1. The number of nitrogens with zero attached hydrogens (tertiary/aromatic N) is 2. The van der Waals surface area contributed by atoms with Gasteiger partial charge in [-0.05, 0) is 53.6 Å². The molecule has 0 aromatic heterocycles. The summed E-state index contributed by atoms with van der Waals surface area (Å²) >= 11 is 0. The monoisotopic (exact) mass is 415 g/mol. The van der Waals surface area contributed by atoms with Crippen LogP contribution in [0.15, 0.2) is 65.8 Å². The van der Waals surface area contributed by atoms with Crippen molar-refractivity contribution < 1.29 is 4.79 Å². The van der Waals surface area contributed by atoms with Crippen LogP contribution in [0.25, 0.3) is 0 Å². The third-order valence-corrected chi connectivity index (χ3v) is 8.19. The average Bonchev–Trinajstić information content (AvgIpc) is 3.22. The number of carbonyl (C=O) groups is 1. The number of hydrazone groups is 1. The Hall–Kier alpha value is -2.62. The van der Waals surface area contributed by atoms with Gasteiger partial charge in [-0.3, -0.25) is 0 Å². The smallest absolute Gasteiger partial charge is 0.336 e. The summed E-state index contributed by atoms with van der Waals surface area (Å²) in [7, 11) is 0. The van der Waals surface area contributed by atoms with Gasteiger partial charge in [-0.25, -0.2) is 9.80 Å². The standard InChI is InChI=1S/C27H33N3O/c1-27(2)22-14-13-21(24(27)16-22)17-28-26(31)30-18-23(20-11-7-4-8-12-20)25(29-30)15-19-9-5-3-6-10-19/h3-12,21-24H,13-18H2,1-2H3,(H,28,31)/t21-,22-,23?,24-/m0/s1. The highest BCUT2D eigenvalue weighted by Crippen LogP contribution is 2.61. The van der Waals surface area contributed by atoms with E-state index in [0.29, 0.717) is 17.9 Å². The molecular formula is C27H33N3O. The summed E-state index contributed by atoms with van der Waals surface area (Å²) in [5.74, 6) is 2.39. The zero-order valence-electron chi connectivity index (χ0n) is 18.6. The van der Waals surface area contributed by atoms with Crippen molar-refractivity contribution in [3.8, 4) is 0 Å². The summed E-state index contributed by atoms with van der Waals surface area (Å²) < 4.78 is 0. The molecule has 162 valence electrons. The molecule has 0 saturated heterocycles. The molecule has 3 saturated carbocycles. The van der Waals surface area contributed by atoms with Crippen LogP contribution in [0.5, 0.6) is 0 Å². The molecule has 31 heavy (non-hydrogen) atoms. The minimum absolute atomic E-state index is 0.0526. The van der Waals surface area contributed by atoms with Crippen LogP contribution in [0.1, 0.15) is 50.2 Å². The molecule has 1 heterocycles. The zero-order valence-corrected chi connectivity index (χ0v) is 18.6. The van der Waals surface area contributed by atoms with E-state index in [1.54, 1.807) is 5.01 Å². The maximum Gasteiger partial charge on any atom is 0.337 e. The van der Waals surface area contributed by atoms with Crippen molar-refractivity contribution in [2.75, 3.05) is 13.1 Å². The topological polar surface area (TPSA) is 44.7 Å². The Labute approximate surface area is 185 Å². The lowest BCUT2D eigenvalue weighted by Gasteiger charge is -2.60. The first-order valence-corrected chi connectivity index (χ1v) is 11.7. The van der Waals surface area contributed by atoms with Crippen LogP contribution in [-0.4, -0.2) is 29.8 Å². The number of hydrogen-bond acceptors (Lipinski definition) is 2. The molecule has 2 aromatic carbocycles. The van der Waals surface area contributed by atoms with Gasteiger partial charge in [-0.2, -0.15) is 5.10 Å². The predicted octanol–water partition coefficient (Wildman–Crippen LogP) is 5.47. The van der Waals surface area contributed by atoms with E-state index < -0.39 is 0 Å². The molecule has 4 nitrogen and oxygen atoms in total. The fourth-order valence-corrected chi connectivity index (χ4v) is 6.14. The first-order valence-electron chi connectivity index (χ1n) is 11.7. The molecule has 4 atom stereocenters. The Morgan fingerprint density at radius 3 is 2.45 bits per heavy atom. The van der Waals surface area contributed by atoms with E-state index in [9.17, 15) is 4.79 Å². The van der Waals surface area contributed by atoms with Crippen molar-refractivity contribution in [1.82, 2.24) is 10.3 Å². The van der Waals surface area contributed by atoms with Crippen molar-refractivity contribution in [2.45, 2.75) is 45.4 Å². The maximum absolute atomic E-state index is 13.1. The average molecular weight is 416 g/mol. The van der Waals surface area contributed by atoms with Gasteiger partial charge in [0, 0.05) is 18.9 Å². The highest BCUT2D eigenvalue weighted by atomic mass is 16.2. The van der Waals surface area contributed by atoms with Crippen LogP contribution in [0.3, 0.4) is 0 Å². The van der Waals surface area contributed by atoms with Gasteiger partial charge in [0.15, 0.2) is 0 Å². The maximum atomic E-state index is 13.1. The first kappa shape index (κ1) is 20.3. The second kappa shape index (κ2) is 8.14. The summed E-state index contributed by atoms with van der Waals surface area (Å²) in [5.41, 5.74) is 3.96. The molecule has 3 fully saturated rings. The number of carbonyl (C=O) groups excluding carboxylic acids is 1. The second-order valence-corrected chi connectivity index (χ2v) is 10.2. The van der Waals surface area contributed by atoms with Gasteiger partial charge >= 0.3 is 6.03 Å². The highest BCUT2D eigenvalue weighted by Gasteiger charge is 2.54. The normalized spacial score (nSPS) is 28.6. The van der Waals surface area contributed by atoms with E-state index in [1.165, 1.54) is 30.4 Å². The van der Waals surface area contributed by atoms with Crippen molar-refractivity contribution >= 4 is 11.7 Å². The Kier molecular flexibility index (Phi) is 5.33. The van der Waals surface area contributed by atoms with Crippen LogP contribution in [0.4, 0.5) is 4.79 Å². The number of fused-ring (bicyclic) bond motifs is 2. The van der Waals surface area contributed by atoms with E-state index in [2.05, 4.69) is 67.7 Å². The summed E-state index contributed by atoms with van der Waals surface area (Å²) in [6, 6.07) is 20.8. The number of nitrogens with one attached hydrogen (secondary N) is 1. The van der Waals surface area contributed by atoms with Gasteiger partial charge in [0.2, 0.25) is 0 Å².